The van der Waals surface area contributed by atoms with Gasteiger partial charge in [-0.3, -0.25) is 10.0 Å². The third kappa shape index (κ3) is 4.79. The van der Waals surface area contributed by atoms with Gasteiger partial charge in [0.05, 0.1) is 30.5 Å². The monoisotopic (exact) mass is 457 g/mol. The van der Waals surface area contributed by atoms with E-state index in [9.17, 15) is 17.6 Å². The molecule has 3 aliphatic rings. The van der Waals surface area contributed by atoms with Gasteiger partial charge in [0.25, 0.3) is 0 Å². The number of nitrogens with zero attached hydrogens (tertiary/aromatic N) is 2. The molecule has 3 fully saturated rings. The average Bonchev–Trinajstić information content (AvgIpc) is 2.76. The van der Waals surface area contributed by atoms with Crippen LogP contribution in [0.1, 0.15) is 25.7 Å². The van der Waals surface area contributed by atoms with Crippen molar-refractivity contribution in [2.45, 2.75) is 37.0 Å². The van der Waals surface area contributed by atoms with Crippen molar-refractivity contribution in [3.05, 3.63) is 24.0 Å². The minimum Gasteiger partial charge on any atom is -0.487 e. The molecular formula is C20H28FN3O6S. The standard InChI is InChI=1S/C20H28FN3O6S/c21-18-11-15(4-5-19(18)30-16-2-1-3-16)23-6-8-24(9-7-23)31(27,28)17-10-14(12-29-13-17)20(25)22-26/h4-5,11,14,16-17,26H,1-3,6-10,12-13H2,(H,22,25). The summed E-state index contributed by atoms with van der Waals surface area (Å²) in [7, 11) is -3.66. The van der Waals surface area contributed by atoms with Gasteiger partial charge in [-0.2, -0.15) is 4.31 Å². The fraction of sp³-hybridized carbons (Fsp3) is 0.650. The Morgan fingerprint density at radius 3 is 2.55 bits per heavy atom. The number of carbonyl (C=O) groups excluding carboxylic acids is 1. The van der Waals surface area contributed by atoms with Gasteiger partial charge in [-0.05, 0) is 37.8 Å². The van der Waals surface area contributed by atoms with Gasteiger partial charge in [-0.1, -0.05) is 0 Å². The molecule has 2 N–H and O–H groups in total. The van der Waals surface area contributed by atoms with Gasteiger partial charge in [0, 0.05) is 37.9 Å². The van der Waals surface area contributed by atoms with Gasteiger partial charge in [-0.25, -0.2) is 18.3 Å². The second-order valence-corrected chi connectivity index (χ2v) is 10.5. The number of piperazine rings is 1. The molecule has 1 aliphatic carbocycles. The minimum absolute atomic E-state index is 0.0193. The Bertz CT molecular complexity index is 902. The highest BCUT2D eigenvalue weighted by Gasteiger charge is 2.40. The number of halogens is 1. The van der Waals surface area contributed by atoms with Crippen LogP contribution < -0.4 is 15.1 Å². The Morgan fingerprint density at radius 1 is 1.19 bits per heavy atom. The zero-order valence-corrected chi connectivity index (χ0v) is 18.0. The lowest BCUT2D eigenvalue weighted by molar-refractivity contribution is -0.137. The van der Waals surface area contributed by atoms with E-state index in [1.807, 2.05) is 4.90 Å². The number of nitrogens with one attached hydrogen (secondary N) is 1. The number of hydroxylamine groups is 1. The van der Waals surface area contributed by atoms with Crippen LogP contribution in [0.4, 0.5) is 10.1 Å². The van der Waals surface area contributed by atoms with Crippen molar-refractivity contribution in [2.75, 3.05) is 44.3 Å². The number of hydrogen-bond acceptors (Lipinski definition) is 7. The molecule has 1 aromatic carbocycles. The molecule has 2 atom stereocenters. The summed E-state index contributed by atoms with van der Waals surface area (Å²) in [5, 5.41) is 7.96. The summed E-state index contributed by atoms with van der Waals surface area (Å²) in [6.45, 7) is 1.48. The van der Waals surface area contributed by atoms with Crippen LogP contribution in [0.25, 0.3) is 0 Å². The summed E-state index contributed by atoms with van der Waals surface area (Å²) in [4.78, 5) is 13.6. The number of sulfonamides is 1. The quantitative estimate of drug-likeness (QED) is 0.487. The fourth-order valence-corrected chi connectivity index (χ4v) is 5.98. The molecule has 31 heavy (non-hydrogen) atoms. The number of amides is 1. The van der Waals surface area contributed by atoms with Crippen molar-refractivity contribution >= 4 is 21.6 Å². The molecule has 1 aromatic rings. The topological polar surface area (TPSA) is 108 Å². The van der Waals surface area contributed by atoms with E-state index in [2.05, 4.69) is 0 Å². The molecule has 0 spiro atoms. The van der Waals surface area contributed by atoms with Gasteiger partial charge in [0.15, 0.2) is 11.6 Å². The molecule has 11 heteroatoms. The number of carbonyl (C=O) groups is 1. The van der Waals surface area contributed by atoms with Gasteiger partial charge in [0.1, 0.15) is 0 Å². The van der Waals surface area contributed by atoms with Crippen LogP contribution in [0.2, 0.25) is 0 Å². The van der Waals surface area contributed by atoms with E-state index in [-0.39, 0.29) is 44.6 Å². The Balaban J connectivity index is 1.35. The second kappa shape index (κ2) is 9.27. The summed E-state index contributed by atoms with van der Waals surface area (Å²) in [6.07, 6.45) is 3.22. The van der Waals surface area contributed by atoms with E-state index in [4.69, 9.17) is 14.7 Å². The number of benzene rings is 1. The summed E-state index contributed by atoms with van der Waals surface area (Å²) in [6, 6.07) is 4.87. The molecule has 1 amide bonds. The maximum Gasteiger partial charge on any atom is 0.248 e. The van der Waals surface area contributed by atoms with E-state index < -0.39 is 32.9 Å². The third-order valence-electron chi connectivity index (χ3n) is 6.30. The number of rotatable bonds is 6. The van der Waals surface area contributed by atoms with Crippen LogP contribution in [0.3, 0.4) is 0 Å². The van der Waals surface area contributed by atoms with Gasteiger partial charge >= 0.3 is 0 Å². The molecule has 0 radical (unpaired) electrons. The van der Waals surface area contributed by atoms with Gasteiger partial charge in [0.2, 0.25) is 15.9 Å². The molecule has 1 saturated carbocycles. The lowest BCUT2D eigenvalue weighted by Gasteiger charge is -2.38. The second-order valence-electron chi connectivity index (χ2n) is 8.28. The first kappa shape index (κ1) is 22.3. The van der Waals surface area contributed by atoms with Gasteiger partial charge < -0.3 is 14.4 Å². The third-order valence-corrected chi connectivity index (χ3v) is 8.55. The van der Waals surface area contributed by atoms with Crippen molar-refractivity contribution in [1.82, 2.24) is 9.79 Å². The smallest absolute Gasteiger partial charge is 0.248 e. The Morgan fingerprint density at radius 2 is 1.94 bits per heavy atom. The molecule has 9 nitrogen and oxygen atoms in total. The van der Waals surface area contributed by atoms with Crippen LogP contribution >= 0.6 is 0 Å². The predicted molar refractivity (Wildman–Crippen MR) is 110 cm³/mol. The predicted octanol–water partition coefficient (Wildman–Crippen LogP) is 1.12. The maximum atomic E-state index is 14.4. The molecule has 0 aromatic heterocycles. The van der Waals surface area contributed by atoms with Crippen LogP contribution in [0, 0.1) is 11.7 Å². The van der Waals surface area contributed by atoms with Crippen molar-refractivity contribution in [3.8, 4) is 5.75 Å². The first-order valence-corrected chi connectivity index (χ1v) is 12.1. The lowest BCUT2D eigenvalue weighted by atomic mass is 9.96. The van der Waals surface area contributed by atoms with E-state index in [1.165, 1.54) is 10.4 Å². The summed E-state index contributed by atoms with van der Waals surface area (Å²) >= 11 is 0. The Labute approximate surface area is 181 Å². The van der Waals surface area contributed by atoms with E-state index in [1.54, 1.807) is 17.6 Å². The normalized spacial score (nSPS) is 25.7. The zero-order valence-electron chi connectivity index (χ0n) is 17.2. The summed E-state index contributed by atoms with van der Waals surface area (Å²) in [5.74, 6) is -1.50. The molecule has 0 bridgehead atoms. The Kier molecular flexibility index (Phi) is 6.65. The van der Waals surface area contributed by atoms with E-state index in [0.29, 0.717) is 18.8 Å². The first-order chi connectivity index (χ1) is 14.9. The zero-order chi connectivity index (χ0) is 22.0. The summed E-state index contributed by atoms with van der Waals surface area (Å²) < 4.78 is 52.9. The summed E-state index contributed by atoms with van der Waals surface area (Å²) in [5.41, 5.74) is 2.25. The van der Waals surface area contributed by atoms with Crippen molar-refractivity contribution < 1.29 is 32.3 Å². The van der Waals surface area contributed by atoms with Crippen molar-refractivity contribution in [3.63, 3.8) is 0 Å². The molecule has 2 unspecified atom stereocenters. The number of hydrogen-bond donors (Lipinski definition) is 2. The van der Waals surface area contributed by atoms with Crippen molar-refractivity contribution in [2.24, 2.45) is 5.92 Å². The van der Waals surface area contributed by atoms with Gasteiger partial charge in [-0.15, -0.1) is 0 Å². The molecule has 2 saturated heterocycles. The van der Waals surface area contributed by atoms with Crippen LogP contribution in [0.5, 0.6) is 5.75 Å². The molecule has 2 aliphatic heterocycles. The van der Waals surface area contributed by atoms with Crippen LogP contribution in [-0.4, -0.2) is 74.6 Å². The van der Waals surface area contributed by atoms with Crippen molar-refractivity contribution in [1.29, 1.82) is 0 Å². The SMILES string of the molecule is O=C(NO)C1COCC(S(=O)(=O)N2CCN(c3ccc(OC4CCC4)c(F)c3)CC2)C1. The highest BCUT2D eigenvalue weighted by Crippen LogP contribution is 2.30. The molecular weight excluding hydrogens is 429 g/mol. The van der Waals surface area contributed by atoms with E-state index >= 15 is 0 Å². The van der Waals surface area contributed by atoms with Crippen LogP contribution in [0.15, 0.2) is 18.2 Å². The molecule has 2 heterocycles. The first-order valence-electron chi connectivity index (χ1n) is 10.6. The highest BCUT2D eigenvalue weighted by atomic mass is 32.2. The largest absolute Gasteiger partial charge is 0.487 e. The molecule has 172 valence electrons. The van der Waals surface area contributed by atoms with Crippen LogP contribution in [-0.2, 0) is 19.6 Å². The lowest BCUT2D eigenvalue weighted by Crippen LogP contribution is -2.53. The highest BCUT2D eigenvalue weighted by molar-refractivity contribution is 7.89. The van der Waals surface area contributed by atoms with E-state index in [0.717, 1.165) is 19.3 Å². The Hall–Kier alpha value is -1.95. The maximum absolute atomic E-state index is 14.4. The average molecular weight is 458 g/mol. The molecule has 4 rings (SSSR count). The number of ether oxygens (including phenoxy) is 2. The number of anilines is 1. The fourth-order valence-electron chi connectivity index (χ4n) is 4.14. The minimum atomic E-state index is -3.66.